The van der Waals surface area contributed by atoms with Crippen molar-refractivity contribution < 1.29 is 52.0 Å². The number of nitrogens with two attached hydrogens (primary N) is 1. The van der Waals surface area contributed by atoms with Gasteiger partial charge in [0.15, 0.2) is 0 Å². The zero-order chi connectivity index (χ0) is 30.1. The number of carboxylic acid groups (broad SMARTS) is 2. The van der Waals surface area contributed by atoms with Crippen LogP contribution in [-0.4, -0.2) is 65.4 Å². The van der Waals surface area contributed by atoms with E-state index in [9.17, 15) is 27.6 Å². The van der Waals surface area contributed by atoms with Crippen molar-refractivity contribution in [3.63, 3.8) is 0 Å². The lowest BCUT2D eigenvalue weighted by molar-refractivity contribution is -0.192. The van der Waals surface area contributed by atoms with Gasteiger partial charge in [-0.2, -0.15) is 13.2 Å². The summed E-state index contributed by atoms with van der Waals surface area (Å²) in [6, 6.07) is 14.8. The Balaban J connectivity index is 0.00000101. The van der Waals surface area contributed by atoms with Gasteiger partial charge in [-0.15, -0.1) is 0 Å². The van der Waals surface area contributed by atoms with Gasteiger partial charge >= 0.3 is 24.2 Å². The highest BCUT2D eigenvalue weighted by Crippen LogP contribution is 2.14. The molecule has 0 heterocycles. The van der Waals surface area contributed by atoms with E-state index in [2.05, 4.69) is 10.6 Å². The Hall–Kier alpha value is -4.82. The third kappa shape index (κ3) is 14.2. The number of carboxylic acids is 2. The van der Waals surface area contributed by atoms with E-state index in [1.54, 1.807) is 36.4 Å². The largest absolute Gasteiger partial charge is 0.494 e. The van der Waals surface area contributed by atoms with Crippen molar-refractivity contribution in [2.45, 2.75) is 38.1 Å². The van der Waals surface area contributed by atoms with Crippen molar-refractivity contribution in [3.8, 4) is 5.75 Å². The number of benzene rings is 2. The lowest BCUT2D eigenvalue weighted by Crippen LogP contribution is -2.47. The minimum atomic E-state index is -5.08. The van der Waals surface area contributed by atoms with E-state index < -0.39 is 36.2 Å². The summed E-state index contributed by atoms with van der Waals surface area (Å²) in [5.41, 5.74) is 6.79. The minimum absolute atomic E-state index is 0.0299. The number of aliphatic carboxylic acids is 2. The van der Waals surface area contributed by atoms with E-state index in [-0.39, 0.29) is 31.8 Å². The first-order valence-electron chi connectivity index (χ1n) is 11.6. The van der Waals surface area contributed by atoms with Crippen LogP contribution in [0.2, 0.25) is 0 Å². The summed E-state index contributed by atoms with van der Waals surface area (Å²) < 4.78 is 42.4. The number of alkyl halides is 3. The molecule has 0 radical (unpaired) electrons. The van der Waals surface area contributed by atoms with Gasteiger partial charge in [-0.25, -0.2) is 9.59 Å². The second-order valence-corrected chi connectivity index (χ2v) is 7.93. The number of rotatable bonds is 13. The molecule has 0 unspecified atom stereocenters. The smallest absolute Gasteiger partial charge is 0.490 e. The number of carbonyl (C=O) groups is 4. The number of nitrogens with one attached hydrogen (secondary N) is 3. The Morgan fingerprint density at radius 3 is 2.25 bits per heavy atom. The molecule has 218 valence electrons. The highest BCUT2D eigenvalue weighted by atomic mass is 19.4. The van der Waals surface area contributed by atoms with Gasteiger partial charge < -0.3 is 36.1 Å². The van der Waals surface area contributed by atoms with E-state index in [1.807, 2.05) is 18.2 Å². The SMILES string of the molecule is N=C(N)c1cccc(OCCCNC(=O)[C@H](CCC(=O)O)NC(=O)OCc2ccccc2)c1.O=C(O)C(F)(F)F. The second-order valence-electron chi connectivity index (χ2n) is 7.93. The van der Waals surface area contributed by atoms with Crippen LogP contribution in [-0.2, 0) is 25.7 Å². The number of ether oxygens (including phenoxy) is 2. The molecule has 0 aromatic heterocycles. The zero-order valence-electron chi connectivity index (χ0n) is 21.1. The van der Waals surface area contributed by atoms with E-state index in [4.69, 9.17) is 35.6 Å². The standard InChI is InChI=1S/C23H28N4O6.C2HF3O2/c24-21(25)17-8-4-9-18(14-17)32-13-5-12-26-22(30)19(10-11-20(28)29)27-23(31)33-15-16-6-2-1-3-7-16;3-2(4,5)1(6)7/h1-4,6-9,14,19H,5,10-13,15H2,(H3,24,25)(H,26,30)(H,27,31)(H,28,29);(H,6,7)/t19-;/m0./s1. The molecule has 7 N–H and O–H groups in total. The van der Waals surface area contributed by atoms with Crippen molar-refractivity contribution in [2.24, 2.45) is 5.73 Å². The van der Waals surface area contributed by atoms with Gasteiger partial charge in [0, 0.05) is 18.5 Å². The Morgan fingerprint density at radius 2 is 1.68 bits per heavy atom. The molecule has 0 aliphatic heterocycles. The average Bonchev–Trinajstić information content (AvgIpc) is 2.90. The van der Waals surface area contributed by atoms with Crippen LogP contribution in [0.1, 0.15) is 30.4 Å². The Morgan fingerprint density at radius 1 is 1.02 bits per heavy atom. The maximum Gasteiger partial charge on any atom is 0.490 e. The van der Waals surface area contributed by atoms with Crippen molar-refractivity contribution in [3.05, 3.63) is 65.7 Å². The maximum absolute atomic E-state index is 12.5. The second kappa shape index (κ2) is 16.9. The van der Waals surface area contributed by atoms with Crippen molar-refractivity contribution in [1.29, 1.82) is 5.41 Å². The van der Waals surface area contributed by atoms with Crippen LogP contribution in [0, 0.1) is 5.41 Å². The summed E-state index contributed by atoms with van der Waals surface area (Å²) in [7, 11) is 0. The first kappa shape index (κ1) is 33.2. The molecule has 2 amide bonds. The fourth-order valence-corrected chi connectivity index (χ4v) is 2.79. The number of alkyl carbamates (subject to hydrolysis) is 1. The third-order valence-electron chi connectivity index (χ3n) is 4.74. The number of nitrogen functional groups attached to an aromatic ring is 1. The molecule has 2 rings (SSSR count). The summed E-state index contributed by atoms with van der Waals surface area (Å²) in [4.78, 5) is 44.4. The van der Waals surface area contributed by atoms with Gasteiger partial charge in [-0.1, -0.05) is 42.5 Å². The Kier molecular flexibility index (Phi) is 14.0. The van der Waals surface area contributed by atoms with E-state index in [0.29, 0.717) is 24.3 Å². The van der Waals surface area contributed by atoms with Gasteiger partial charge in [0.25, 0.3) is 0 Å². The van der Waals surface area contributed by atoms with Crippen molar-refractivity contribution in [2.75, 3.05) is 13.2 Å². The van der Waals surface area contributed by atoms with Gasteiger partial charge in [0.2, 0.25) is 5.91 Å². The molecule has 1 atom stereocenters. The predicted molar refractivity (Wildman–Crippen MR) is 135 cm³/mol. The molecule has 12 nitrogen and oxygen atoms in total. The molecule has 0 aliphatic carbocycles. The third-order valence-corrected chi connectivity index (χ3v) is 4.74. The topological polar surface area (TPSA) is 201 Å². The van der Waals surface area contributed by atoms with E-state index in [1.165, 1.54) is 0 Å². The van der Waals surface area contributed by atoms with Gasteiger partial charge in [0.05, 0.1) is 6.61 Å². The summed E-state index contributed by atoms with van der Waals surface area (Å²) in [6.07, 6.45) is -5.78. The highest BCUT2D eigenvalue weighted by molar-refractivity contribution is 5.95. The molecule has 40 heavy (non-hydrogen) atoms. The fraction of sp³-hybridized carbons (Fsp3) is 0.320. The maximum atomic E-state index is 12.5. The van der Waals surface area contributed by atoms with Crippen LogP contribution in [0.4, 0.5) is 18.0 Å². The summed E-state index contributed by atoms with van der Waals surface area (Å²) in [5, 5.41) is 28.6. The fourth-order valence-electron chi connectivity index (χ4n) is 2.79. The molecule has 0 aliphatic rings. The number of hydrogen-bond donors (Lipinski definition) is 6. The number of amides is 2. The lowest BCUT2D eigenvalue weighted by atomic mass is 10.1. The zero-order valence-corrected chi connectivity index (χ0v) is 21.1. The number of halogens is 3. The first-order valence-corrected chi connectivity index (χ1v) is 11.6. The molecule has 0 fully saturated rings. The van der Waals surface area contributed by atoms with Crippen LogP contribution in [0.5, 0.6) is 5.75 Å². The lowest BCUT2D eigenvalue weighted by Gasteiger charge is -2.18. The number of amidine groups is 1. The van der Waals surface area contributed by atoms with Crippen LogP contribution in [0.3, 0.4) is 0 Å². The summed E-state index contributed by atoms with van der Waals surface area (Å²) >= 11 is 0. The molecule has 0 bridgehead atoms. The van der Waals surface area contributed by atoms with Crippen LogP contribution in [0.25, 0.3) is 0 Å². The molecule has 2 aromatic rings. The number of hydrogen-bond acceptors (Lipinski definition) is 7. The van der Waals surface area contributed by atoms with Gasteiger partial charge in [-0.3, -0.25) is 15.0 Å². The predicted octanol–water partition coefficient (Wildman–Crippen LogP) is 2.65. The average molecular weight is 571 g/mol. The molecule has 2 aromatic carbocycles. The molecule has 0 saturated heterocycles. The normalized spacial score (nSPS) is 11.2. The highest BCUT2D eigenvalue weighted by Gasteiger charge is 2.38. The van der Waals surface area contributed by atoms with Crippen LogP contribution < -0.4 is 21.1 Å². The quantitative estimate of drug-likeness (QED) is 0.119. The minimum Gasteiger partial charge on any atom is -0.494 e. The Labute approximate surface area is 226 Å². The van der Waals surface area contributed by atoms with Gasteiger partial charge in [-0.05, 0) is 30.5 Å². The van der Waals surface area contributed by atoms with Crippen molar-refractivity contribution >= 4 is 29.8 Å². The molecular formula is C25H29F3N4O8. The summed E-state index contributed by atoms with van der Waals surface area (Å²) in [6.45, 7) is 0.589. The summed E-state index contributed by atoms with van der Waals surface area (Å²) in [5.74, 6) is -3.85. The molecule has 0 saturated carbocycles. The van der Waals surface area contributed by atoms with Crippen molar-refractivity contribution in [1.82, 2.24) is 10.6 Å². The first-order chi connectivity index (χ1) is 18.8. The number of carbonyl (C=O) groups excluding carboxylic acids is 2. The van der Waals surface area contributed by atoms with Gasteiger partial charge in [0.1, 0.15) is 24.2 Å². The molecular weight excluding hydrogens is 541 g/mol. The van der Waals surface area contributed by atoms with E-state index >= 15 is 0 Å². The Bertz CT molecular complexity index is 1150. The monoisotopic (exact) mass is 570 g/mol. The van der Waals surface area contributed by atoms with E-state index in [0.717, 1.165) is 5.56 Å². The van der Waals surface area contributed by atoms with Crippen LogP contribution >= 0.6 is 0 Å². The van der Waals surface area contributed by atoms with Crippen LogP contribution in [0.15, 0.2) is 54.6 Å². The molecule has 15 heteroatoms. The molecule has 0 spiro atoms.